The lowest BCUT2D eigenvalue weighted by atomic mass is 9.57. The molecule has 2 rings (SSSR count). The monoisotopic (exact) mass is 250 g/mol. The van der Waals surface area contributed by atoms with Crippen molar-refractivity contribution in [1.82, 2.24) is 0 Å². The zero-order valence-corrected chi connectivity index (χ0v) is 9.68. The van der Waals surface area contributed by atoms with Gasteiger partial charge in [-0.25, -0.2) is 0 Å². The second-order valence-electron chi connectivity index (χ2n) is 5.07. The van der Waals surface area contributed by atoms with Crippen molar-refractivity contribution in [3.05, 3.63) is 0 Å². The highest BCUT2D eigenvalue weighted by atomic mass is 19.4. The molecule has 0 aromatic heterocycles. The minimum atomic E-state index is -4.17. The maximum Gasteiger partial charge on any atom is 0.391 e. The van der Waals surface area contributed by atoms with Crippen LogP contribution in [0.2, 0.25) is 0 Å². The molecule has 0 heterocycles. The number of hydrogen-bond acceptors (Lipinski definition) is 2. The summed E-state index contributed by atoms with van der Waals surface area (Å²) in [6, 6.07) is 0. The molecule has 0 amide bonds. The number of halogens is 3. The third-order valence-electron chi connectivity index (χ3n) is 3.99. The summed E-state index contributed by atoms with van der Waals surface area (Å²) in [6.45, 7) is -0.316. The molecule has 0 aliphatic heterocycles. The third-order valence-corrected chi connectivity index (χ3v) is 3.99. The quantitative estimate of drug-likeness (QED) is 0.768. The van der Waals surface area contributed by atoms with Crippen LogP contribution < -0.4 is 0 Å². The first-order valence-corrected chi connectivity index (χ1v) is 6.16. The Morgan fingerprint density at radius 2 is 1.88 bits per heavy atom. The van der Waals surface area contributed by atoms with Gasteiger partial charge in [0.05, 0.1) is 24.5 Å². The number of hydrogen-bond donors (Lipinski definition) is 0. The maximum atomic E-state index is 12.0. The maximum absolute atomic E-state index is 12.0. The van der Waals surface area contributed by atoms with Gasteiger partial charge in [-0.15, -0.1) is 0 Å². The van der Waals surface area contributed by atoms with Gasteiger partial charge in [-0.2, -0.15) is 13.2 Å². The summed E-state index contributed by atoms with van der Waals surface area (Å²) in [5.74, 6) is 0.189. The van der Waals surface area contributed by atoms with Crippen LogP contribution in [0.25, 0.3) is 0 Å². The van der Waals surface area contributed by atoms with Crippen LogP contribution in [0, 0.1) is 5.41 Å². The minimum absolute atomic E-state index is 0.189. The second-order valence-corrected chi connectivity index (χ2v) is 5.07. The van der Waals surface area contributed by atoms with E-state index in [0.29, 0.717) is 6.42 Å². The molecule has 2 aliphatic carbocycles. The summed E-state index contributed by atoms with van der Waals surface area (Å²) < 4.78 is 41.3. The van der Waals surface area contributed by atoms with E-state index in [1.54, 1.807) is 0 Å². The lowest BCUT2D eigenvalue weighted by molar-refractivity contribution is -0.181. The van der Waals surface area contributed by atoms with E-state index in [4.69, 9.17) is 4.74 Å². The summed E-state index contributed by atoms with van der Waals surface area (Å²) in [5, 5.41) is 0. The van der Waals surface area contributed by atoms with E-state index < -0.39 is 18.0 Å². The first kappa shape index (κ1) is 12.9. The number of ether oxygens (including phenoxy) is 1. The molecule has 1 atom stereocenters. The average molecular weight is 250 g/mol. The first-order valence-electron chi connectivity index (χ1n) is 6.16. The van der Waals surface area contributed by atoms with Gasteiger partial charge in [0.15, 0.2) is 0 Å². The Morgan fingerprint density at radius 3 is 2.41 bits per heavy atom. The summed E-state index contributed by atoms with van der Waals surface area (Å²) in [6.07, 6.45) is -0.373. The highest BCUT2D eigenvalue weighted by Gasteiger charge is 2.55. The molecule has 5 heteroatoms. The molecule has 2 nitrogen and oxygen atoms in total. The second kappa shape index (κ2) is 4.59. The predicted octanol–water partition coefficient (Wildman–Crippen LogP) is 3.25. The number of ketones is 1. The molecule has 1 spiro atoms. The molecule has 0 bridgehead atoms. The van der Waals surface area contributed by atoms with Crippen LogP contribution in [-0.2, 0) is 9.53 Å². The highest BCUT2D eigenvalue weighted by Crippen LogP contribution is 2.50. The fraction of sp³-hybridized carbons (Fsp3) is 0.917. The van der Waals surface area contributed by atoms with Gasteiger partial charge in [-0.1, -0.05) is 19.3 Å². The van der Waals surface area contributed by atoms with Gasteiger partial charge in [0.2, 0.25) is 0 Å². The van der Waals surface area contributed by atoms with E-state index in [9.17, 15) is 18.0 Å². The van der Waals surface area contributed by atoms with E-state index in [0.717, 1.165) is 32.1 Å². The molecular weight excluding hydrogens is 233 g/mol. The molecule has 2 fully saturated rings. The van der Waals surface area contributed by atoms with Crippen molar-refractivity contribution in [2.45, 2.75) is 57.2 Å². The fourth-order valence-corrected chi connectivity index (χ4v) is 2.93. The largest absolute Gasteiger partial charge is 0.391 e. The van der Waals surface area contributed by atoms with Crippen LogP contribution in [0.5, 0.6) is 0 Å². The van der Waals surface area contributed by atoms with Crippen molar-refractivity contribution < 1.29 is 22.7 Å². The topological polar surface area (TPSA) is 26.3 Å². The van der Waals surface area contributed by atoms with Crippen molar-refractivity contribution in [1.29, 1.82) is 0 Å². The predicted molar refractivity (Wildman–Crippen MR) is 55.6 cm³/mol. The standard InChI is InChI=1S/C12H17F3O2/c13-12(14,15)6-7-17-10-8-9(16)11(10)4-2-1-3-5-11/h10H,1-8H2. The molecule has 2 saturated carbocycles. The van der Waals surface area contributed by atoms with Crippen LogP contribution in [0.1, 0.15) is 44.9 Å². The van der Waals surface area contributed by atoms with Crippen molar-refractivity contribution in [3.8, 4) is 0 Å². The van der Waals surface area contributed by atoms with Crippen LogP contribution >= 0.6 is 0 Å². The van der Waals surface area contributed by atoms with Crippen molar-refractivity contribution in [2.75, 3.05) is 6.61 Å². The van der Waals surface area contributed by atoms with E-state index >= 15 is 0 Å². The van der Waals surface area contributed by atoms with Gasteiger partial charge in [0, 0.05) is 6.42 Å². The molecule has 0 N–H and O–H groups in total. The Bertz CT molecular complexity index is 293. The Kier molecular flexibility index (Phi) is 3.48. The summed E-state index contributed by atoms with van der Waals surface area (Å²) in [4.78, 5) is 11.7. The van der Waals surface area contributed by atoms with Crippen molar-refractivity contribution >= 4 is 5.78 Å². The molecule has 2 aliphatic rings. The normalized spacial score (nSPS) is 28.2. The first-order chi connectivity index (χ1) is 7.94. The molecule has 0 radical (unpaired) electrons. The van der Waals surface area contributed by atoms with E-state index in [1.165, 1.54) is 0 Å². The van der Waals surface area contributed by atoms with Crippen LogP contribution in [-0.4, -0.2) is 24.7 Å². The van der Waals surface area contributed by atoms with E-state index in [-0.39, 0.29) is 18.5 Å². The molecule has 0 aromatic carbocycles. The van der Waals surface area contributed by atoms with Crippen LogP contribution in [0.15, 0.2) is 0 Å². The molecule has 1 unspecified atom stereocenters. The van der Waals surface area contributed by atoms with Crippen molar-refractivity contribution in [2.24, 2.45) is 5.41 Å². The molecule has 98 valence electrons. The lowest BCUT2D eigenvalue weighted by Gasteiger charge is -2.49. The Balaban J connectivity index is 1.83. The molecule has 0 aromatic rings. The zero-order chi connectivity index (χ0) is 12.5. The Labute approximate surface area is 98.5 Å². The van der Waals surface area contributed by atoms with Gasteiger partial charge in [-0.3, -0.25) is 4.79 Å². The van der Waals surface area contributed by atoms with Crippen LogP contribution in [0.4, 0.5) is 13.2 Å². The fourth-order valence-electron chi connectivity index (χ4n) is 2.93. The van der Waals surface area contributed by atoms with Gasteiger partial charge in [0.25, 0.3) is 0 Å². The molecule has 17 heavy (non-hydrogen) atoms. The Hall–Kier alpha value is -0.580. The third kappa shape index (κ3) is 2.64. The summed E-state index contributed by atoms with van der Waals surface area (Å²) in [7, 11) is 0. The summed E-state index contributed by atoms with van der Waals surface area (Å²) >= 11 is 0. The number of Topliss-reactive ketones (excluding diaryl/α,β-unsaturated/α-hetero) is 1. The average Bonchev–Trinajstić information content (AvgIpc) is 2.28. The van der Waals surface area contributed by atoms with Gasteiger partial charge in [0.1, 0.15) is 5.78 Å². The van der Waals surface area contributed by atoms with Gasteiger partial charge in [-0.05, 0) is 12.8 Å². The lowest BCUT2D eigenvalue weighted by Crippen LogP contribution is -2.56. The van der Waals surface area contributed by atoms with E-state index in [1.807, 2.05) is 0 Å². The molecule has 0 saturated heterocycles. The summed E-state index contributed by atoms with van der Waals surface area (Å²) in [5.41, 5.74) is -0.427. The number of carbonyl (C=O) groups is 1. The number of carbonyl (C=O) groups excluding carboxylic acids is 1. The Morgan fingerprint density at radius 1 is 1.24 bits per heavy atom. The molecular formula is C12H17F3O2. The highest BCUT2D eigenvalue weighted by molar-refractivity contribution is 5.92. The van der Waals surface area contributed by atoms with E-state index in [2.05, 4.69) is 0 Å². The number of alkyl halides is 3. The SMILES string of the molecule is O=C1CC(OCCC(F)(F)F)C12CCCCC2. The smallest absolute Gasteiger partial charge is 0.376 e. The van der Waals surface area contributed by atoms with Gasteiger partial charge < -0.3 is 4.74 Å². The number of rotatable bonds is 3. The van der Waals surface area contributed by atoms with Crippen molar-refractivity contribution in [3.63, 3.8) is 0 Å². The van der Waals surface area contributed by atoms with Gasteiger partial charge >= 0.3 is 6.18 Å². The van der Waals surface area contributed by atoms with Crippen LogP contribution in [0.3, 0.4) is 0 Å². The minimum Gasteiger partial charge on any atom is -0.376 e. The zero-order valence-electron chi connectivity index (χ0n) is 9.68.